The van der Waals surface area contributed by atoms with Gasteiger partial charge < -0.3 is 9.47 Å². The van der Waals surface area contributed by atoms with Gasteiger partial charge in [0.15, 0.2) is 5.82 Å². The molecule has 0 unspecified atom stereocenters. The van der Waals surface area contributed by atoms with Crippen LogP contribution in [0.5, 0.6) is 0 Å². The zero-order chi connectivity index (χ0) is 14.7. The molecule has 6 heteroatoms. The molecule has 0 radical (unpaired) electrons. The van der Waals surface area contributed by atoms with Crippen molar-refractivity contribution < 1.29 is 0 Å². The normalized spacial score (nSPS) is 14.1. The number of nitriles is 1. The van der Waals surface area contributed by atoms with E-state index in [1.165, 1.54) is 19.3 Å². The number of hydrogen-bond donors (Lipinski definition) is 0. The molecule has 3 rings (SSSR count). The van der Waals surface area contributed by atoms with Crippen molar-refractivity contribution in [3.8, 4) is 6.07 Å². The molecule has 0 atom stereocenters. The molecule has 3 heterocycles. The van der Waals surface area contributed by atoms with Gasteiger partial charge in [-0.05, 0) is 25.0 Å². The fourth-order valence-electron chi connectivity index (χ4n) is 2.74. The van der Waals surface area contributed by atoms with Crippen LogP contribution in [0.25, 0.3) is 0 Å². The van der Waals surface area contributed by atoms with Crippen molar-refractivity contribution in [2.45, 2.75) is 38.8 Å². The zero-order valence-electron chi connectivity index (χ0n) is 12.2. The predicted octanol–water partition coefficient (Wildman–Crippen LogP) is 1.91. The van der Waals surface area contributed by atoms with Gasteiger partial charge in [-0.2, -0.15) is 5.26 Å². The van der Waals surface area contributed by atoms with Gasteiger partial charge in [-0.25, -0.2) is 4.98 Å². The van der Waals surface area contributed by atoms with Crippen LogP contribution < -0.4 is 4.90 Å². The lowest BCUT2D eigenvalue weighted by Gasteiger charge is -2.19. The maximum absolute atomic E-state index is 9.17. The number of rotatable bonds is 3. The van der Waals surface area contributed by atoms with Crippen molar-refractivity contribution in [2.24, 2.45) is 0 Å². The van der Waals surface area contributed by atoms with Gasteiger partial charge in [-0.3, -0.25) is 0 Å². The Bertz CT molecular complexity index is 669. The number of hydrogen-bond acceptors (Lipinski definition) is 5. The number of pyridine rings is 1. The molecule has 0 aliphatic carbocycles. The molecule has 0 saturated carbocycles. The maximum Gasteiger partial charge on any atom is 0.152 e. The summed E-state index contributed by atoms with van der Waals surface area (Å²) in [5, 5.41) is 17.8. The van der Waals surface area contributed by atoms with Gasteiger partial charge in [0.25, 0.3) is 0 Å². The Morgan fingerprint density at radius 1 is 1.33 bits per heavy atom. The van der Waals surface area contributed by atoms with Crippen molar-refractivity contribution in [3.63, 3.8) is 0 Å². The zero-order valence-corrected chi connectivity index (χ0v) is 12.2. The Hall–Kier alpha value is -2.42. The third kappa shape index (κ3) is 2.72. The van der Waals surface area contributed by atoms with Crippen molar-refractivity contribution in [1.82, 2.24) is 19.7 Å². The van der Waals surface area contributed by atoms with Crippen LogP contribution in [0.1, 0.15) is 36.5 Å². The smallest absolute Gasteiger partial charge is 0.152 e. The first-order valence-electron chi connectivity index (χ1n) is 7.27. The molecule has 21 heavy (non-hydrogen) atoms. The Morgan fingerprint density at radius 3 is 3.10 bits per heavy atom. The van der Waals surface area contributed by atoms with Gasteiger partial charge in [0, 0.05) is 26.2 Å². The van der Waals surface area contributed by atoms with E-state index in [2.05, 4.69) is 25.8 Å². The number of aromatic nitrogens is 4. The van der Waals surface area contributed by atoms with Crippen molar-refractivity contribution in [1.29, 1.82) is 5.26 Å². The standard InChI is InChI=1S/C15H18N6/c1-20(15-12(10-16)6-5-8-17-15)11-14-19-18-13-7-3-2-4-9-21(13)14/h5-6,8H,2-4,7,9,11H2,1H3. The highest BCUT2D eigenvalue weighted by molar-refractivity contribution is 5.52. The van der Waals surface area contributed by atoms with E-state index in [1.54, 1.807) is 18.3 Å². The Morgan fingerprint density at radius 2 is 2.24 bits per heavy atom. The summed E-state index contributed by atoms with van der Waals surface area (Å²) >= 11 is 0. The van der Waals surface area contributed by atoms with Crippen LogP contribution in [0.2, 0.25) is 0 Å². The summed E-state index contributed by atoms with van der Waals surface area (Å²) in [6.07, 6.45) is 6.32. The van der Waals surface area contributed by atoms with Crippen LogP contribution in [0.15, 0.2) is 18.3 Å². The third-order valence-corrected chi connectivity index (χ3v) is 3.83. The highest BCUT2D eigenvalue weighted by Crippen LogP contribution is 2.19. The number of nitrogens with zero attached hydrogens (tertiary/aromatic N) is 6. The lowest BCUT2D eigenvalue weighted by Crippen LogP contribution is -2.22. The largest absolute Gasteiger partial charge is 0.351 e. The van der Waals surface area contributed by atoms with E-state index in [9.17, 15) is 5.26 Å². The summed E-state index contributed by atoms with van der Waals surface area (Å²) in [4.78, 5) is 6.27. The third-order valence-electron chi connectivity index (χ3n) is 3.83. The first-order valence-corrected chi connectivity index (χ1v) is 7.27. The average Bonchev–Trinajstić information content (AvgIpc) is 2.74. The van der Waals surface area contributed by atoms with E-state index in [0.717, 1.165) is 24.6 Å². The van der Waals surface area contributed by atoms with E-state index >= 15 is 0 Å². The Balaban J connectivity index is 1.84. The summed E-state index contributed by atoms with van der Waals surface area (Å²) in [6, 6.07) is 5.74. The molecule has 2 aromatic heterocycles. The van der Waals surface area contributed by atoms with Crippen LogP contribution in [0.3, 0.4) is 0 Å². The molecule has 1 aliphatic heterocycles. The summed E-state index contributed by atoms with van der Waals surface area (Å²) in [5.41, 5.74) is 0.579. The summed E-state index contributed by atoms with van der Waals surface area (Å²) < 4.78 is 2.22. The molecule has 0 aromatic carbocycles. The van der Waals surface area contributed by atoms with E-state index < -0.39 is 0 Å². The van der Waals surface area contributed by atoms with Gasteiger partial charge in [0.05, 0.1) is 12.1 Å². The monoisotopic (exact) mass is 282 g/mol. The minimum absolute atomic E-state index is 0.579. The van der Waals surface area contributed by atoms with Crippen LogP contribution >= 0.6 is 0 Å². The van der Waals surface area contributed by atoms with E-state index in [1.807, 2.05) is 11.9 Å². The van der Waals surface area contributed by atoms with Crippen molar-refractivity contribution in [3.05, 3.63) is 35.5 Å². The number of fused-ring (bicyclic) bond motifs is 1. The summed E-state index contributed by atoms with van der Waals surface area (Å²) in [6.45, 7) is 1.59. The molecule has 0 fully saturated rings. The van der Waals surface area contributed by atoms with Crippen LogP contribution in [-0.4, -0.2) is 26.8 Å². The molecule has 1 aliphatic rings. The summed E-state index contributed by atoms with van der Waals surface area (Å²) in [7, 11) is 1.93. The SMILES string of the molecule is CN(Cc1nnc2n1CCCCC2)c1ncccc1C#N. The molecule has 0 amide bonds. The molecule has 6 nitrogen and oxygen atoms in total. The van der Waals surface area contributed by atoms with Gasteiger partial charge in [0.2, 0.25) is 0 Å². The highest BCUT2D eigenvalue weighted by atomic mass is 15.3. The second kappa shape index (κ2) is 5.92. The second-order valence-electron chi connectivity index (χ2n) is 5.34. The van der Waals surface area contributed by atoms with Gasteiger partial charge in [0.1, 0.15) is 17.7 Å². The van der Waals surface area contributed by atoms with Crippen LogP contribution in [0, 0.1) is 11.3 Å². The molecular formula is C15H18N6. The van der Waals surface area contributed by atoms with Gasteiger partial charge in [-0.15, -0.1) is 10.2 Å². The molecule has 0 spiro atoms. The van der Waals surface area contributed by atoms with Crippen molar-refractivity contribution >= 4 is 5.82 Å². The first kappa shape index (κ1) is 13.6. The molecule has 108 valence electrons. The predicted molar refractivity (Wildman–Crippen MR) is 78.6 cm³/mol. The van der Waals surface area contributed by atoms with E-state index in [-0.39, 0.29) is 0 Å². The highest BCUT2D eigenvalue weighted by Gasteiger charge is 2.17. The molecule has 0 bridgehead atoms. The number of aryl methyl sites for hydroxylation is 1. The Labute approximate surface area is 124 Å². The molecular weight excluding hydrogens is 264 g/mol. The van der Waals surface area contributed by atoms with Crippen LogP contribution in [0.4, 0.5) is 5.82 Å². The lowest BCUT2D eigenvalue weighted by atomic mass is 10.2. The van der Waals surface area contributed by atoms with E-state index in [4.69, 9.17) is 0 Å². The first-order chi connectivity index (χ1) is 10.3. The maximum atomic E-state index is 9.17. The topological polar surface area (TPSA) is 70.6 Å². The second-order valence-corrected chi connectivity index (χ2v) is 5.34. The van der Waals surface area contributed by atoms with Crippen molar-refractivity contribution in [2.75, 3.05) is 11.9 Å². The fraction of sp³-hybridized carbons (Fsp3) is 0.467. The minimum atomic E-state index is 0.579. The summed E-state index contributed by atoms with van der Waals surface area (Å²) in [5.74, 6) is 2.72. The van der Waals surface area contributed by atoms with Crippen LogP contribution in [-0.2, 0) is 19.5 Å². The molecule has 0 N–H and O–H groups in total. The average molecular weight is 282 g/mol. The van der Waals surface area contributed by atoms with Gasteiger partial charge >= 0.3 is 0 Å². The Kier molecular flexibility index (Phi) is 3.82. The number of anilines is 1. The quantitative estimate of drug-likeness (QED) is 0.860. The van der Waals surface area contributed by atoms with E-state index in [0.29, 0.717) is 17.9 Å². The minimum Gasteiger partial charge on any atom is -0.351 e. The molecule has 2 aromatic rings. The van der Waals surface area contributed by atoms with Gasteiger partial charge in [-0.1, -0.05) is 6.42 Å². The molecule has 0 saturated heterocycles. The lowest BCUT2D eigenvalue weighted by molar-refractivity contribution is 0.601. The fourth-order valence-corrected chi connectivity index (χ4v) is 2.74.